The molecule has 2 atom stereocenters. The summed E-state index contributed by atoms with van der Waals surface area (Å²) in [5.74, 6) is -0.374. The molecule has 0 aliphatic carbocycles. The molecule has 4 N–H and O–H groups in total. The Hall–Kier alpha value is -2.06. The zero-order valence-corrected chi connectivity index (χ0v) is 37.4. The summed E-state index contributed by atoms with van der Waals surface area (Å²) in [4.78, 5) is 26.1. The van der Waals surface area contributed by atoms with E-state index in [4.69, 9.17) is 102 Å². The monoisotopic (exact) mass is 976 g/mol. The van der Waals surface area contributed by atoms with Crippen LogP contribution in [0, 0.1) is 0 Å². The minimum absolute atomic E-state index is 0.00216. The van der Waals surface area contributed by atoms with E-state index in [0.717, 1.165) is 0 Å². The Morgan fingerprint density at radius 1 is 0.607 bits per heavy atom. The Bertz CT molecular complexity index is 1940. The van der Waals surface area contributed by atoms with Crippen LogP contribution >= 0.6 is 92.8 Å². The minimum Gasteiger partial charge on any atom is -0.462 e. The number of urea groups is 2. The van der Waals surface area contributed by atoms with Crippen LogP contribution in [0.4, 0.5) is 21.0 Å². The molecule has 310 valence electrons. The summed E-state index contributed by atoms with van der Waals surface area (Å²) >= 11 is 49.6. The van der Waals surface area contributed by atoms with E-state index < -0.39 is 52.1 Å². The van der Waals surface area contributed by atoms with Crippen molar-refractivity contribution in [2.45, 2.75) is 57.5 Å². The van der Waals surface area contributed by atoms with Crippen molar-refractivity contribution in [1.82, 2.24) is 19.2 Å². The Labute approximate surface area is 365 Å². The molecule has 0 saturated carbocycles. The van der Waals surface area contributed by atoms with Gasteiger partial charge in [0.2, 0.25) is 40.1 Å². The normalized spacial score (nSPS) is 13.5. The highest BCUT2D eigenvalue weighted by Gasteiger charge is 2.39. The van der Waals surface area contributed by atoms with Gasteiger partial charge in [0.1, 0.15) is 0 Å². The van der Waals surface area contributed by atoms with Crippen LogP contribution in [0.1, 0.15) is 27.7 Å². The number of hydrogen-bond acceptors (Lipinski definition) is 8. The Morgan fingerprint density at radius 3 is 1.21 bits per heavy atom. The maximum absolute atomic E-state index is 13.2. The van der Waals surface area contributed by atoms with Crippen molar-refractivity contribution in [3.05, 3.63) is 70.7 Å². The number of carbonyl (C=O) groups is 2. The van der Waals surface area contributed by atoms with Crippen molar-refractivity contribution < 1.29 is 35.9 Å². The van der Waals surface area contributed by atoms with Crippen molar-refractivity contribution >= 4 is 136 Å². The quantitative estimate of drug-likeness (QED) is 0.0814. The number of rotatable bonds is 16. The van der Waals surface area contributed by atoms with Gasteiger partial charge in [0, 0.05) is 26.2 Å². The highest BCUT2D eigenvalue weighted by atomic mass is 35.6. The fraction of sp³-hybridized carbons (Fsp3) is 0.375. The number of sulfonamides is 2. The molecule has 0 radical (unpaired) electrons. The highest BCUT2D eigenvalue weighted by Crippen LogP contribution is 2.38. The number of benzene rings is 3. The predicted octanol–water partition coefficient (Wildman–Crippen LogP) is 8.85. The molecule has 0 bridgehead atoms. The fourth-order valence-electron chi connectivity index (χ4n) is 4.76. The zero-order valence-electron chi connectivity index (χ0n) is 29.8. The number of para-hydroxylation sites is 2. The number of ether oxygens (including phenoxy) is 2. The third-order valence-corrected chi connectivity index (χ3v) is 13.5. The van der Waals surface area contributed by atoms with Crippen LogP contribution in [0.15, 0.2) is 70.5 Å². The van der Waals surface area contributed by atoms with Gasteiger partial charge in [0.15, 0.2) is 11.5 Å². The molecular formula is C32H36Cl8N6O8S2. The summed E-state index contributed by atoms with van der Waals surface area (Å²) in [5, 5.41) is 9.49. The van der Waals surface area contributed by atoms with Crippen LogP contribution in [0.2, 0.25) is 10.0 Å². The van der Waals surface area contributed by atoms with Gasteiger partial charge >= 0.3 is 12.1 Å². The molecule has 56 heavy (non-hydrogen) atoms. The van der Waals surface area contributed by atoms with Crippen LogP contribution in [-0.2, 0) is 20.0 Å². The average molecular weight is 980 g/mol. The van der Waals surface area contributed by atoms with E-state index in [2.05, 4.69) is 21.3 Å². The van der Waals surface area contributed by atoms with Gasteiger partial charge in [0.05, 0.1) is 31.2 Å². The molecule has 0 aromatic heterocycles. The number of carbonyl (C=O) groups excluding carboxylic acids is 2. The number of amides is 4. The van der Waals surface area contributed by atoms with Crippen molar-refractivity contribution in [2.24, 2.45) is 0 Å². The highest BCUT2D eigenvalue weighted by molar-refractivity contribution is 7.89. The lowest BCUT2D eigenvalue weighted by Gasteiger charge is -2.30. The first kappa shape index (κ1) is 48.3. The van der Waals surface area contributed by atoms with Gasteiger partial charge in [-0.15, -0.1) is 0 Å². The molecule has 4 amide bonds. The van der Waals surface area contributed by atoms with Crippen LogP contribution in [0.3, 0.4) is 0 Å². The first-order chi connectivity index (χ1) is 26.0. The lowest BCUT2D eigenvalue weighted by molar-refractivity contribution is 0.140. The topological polar surface area (TPSA) is 175 Å². The summed E-state index contributed by atoms with van der Waals surface area (Å²) in [7, 11) is -7.83. The zero-order chi connectivity index (χ0) is 42.2. The number of halogens is 8. The number of hydrogen-bond donors (Lipinski definition) is 4. The second-order valence-corrected chi connectivity index (χ2v) is 20.6. The molecular weight excluding hydrogens is 944 g/mol. The molecule has 14 nitrogen and oxygen atoms in total. The van der Waals surface area contributed by atoms with Crippen molar-refractivity contribution in [3.63, 3.8) is 0 Å². The number of alkyl halides is 6. The van der Waals surface area contributed by atoms with E-state index in [1.165, 1.54) is 69.3 Å². The van der Waals surface area contributed by atoms with Gasteiger partial charge in [-0.3, -0.25) is 10.6 Å². The summed E-state index contributed by atoms with van der Waals surface area (Å²) in [6.07, 6.45) is -3.52. The lowest BCUT2D eigenvalue weighted by atomic mass is 10.3. The second kappa shape index (κ2) is 20.3. The SMILES string of the molecule is CCN(CC)S(=O)(=O)c1ccc(Cl)c(NC(=O)N[C@H](Oc2ccccc2O[C@@H](NC(=O)Nc2cc(S(=O)(=O)N(CC)CC)ccc2Cl)C(Cl)(Cl)Cl)C(Cl)(Cl)Cl)c1. The minimum atomic E-state index is -3.91. The fourth-order valence-corrected chi connectivity index (χ4v) is 8.65. The Kier molecular flexibility index (Phi) is 17.5. The molecule has 3 aromatic rings. The molecule has 0 spiro atoms. The van der Waals surface area contributed by atoms with Crippen LogP contribution in [0.5, 0.6) is 11.5 Å². The van der Waals surface area contributed by atoms with Crippen LogP contribution < -0.4 is 30.7 Å². The van der Waals surface area contributed by atoms with Gasteiger partial charge in [-0.25, -0.2) is 26.4 Å². The summed E-state index contributed by atoms with van der Waals surface area (Å²) in [5.41, 5.74) is -0.171. The first-order valence-corrected chi connectivity index (χ1v) is 22.2. The lowest BCUT2D eigenvalue weighted by Crippen LogP contribution is -2.50. The molecule has 0 fully saturated rings. The molecule has 0 aliphatic rings. The standard InChI is InChI=1S/C32H36Cl8N6O8S2/c1-5-45(6-2)55(49,50)19-13-15-21(33)23(17-19)41-29(47)43-27(31(35,36)37)53-25-11-9-10-12-26(25)54-28(32(38,39)40)44-30(48)42-24-18-20(14-16-22(24)34)56(51,52)46(7-3)8-4/h9-18,27-28H,5-8H2,1-4H3,(H2,41,43,47)(H2,42,44,48)/t27-,28-/m1/s1. The summed E-state index contributed by atoms with van der Waals surface area (Å²) in [6.45, 7) is 7.54. The number of nitrogens with zero attached hydrogens (tertiary/aromatic N) is 2. The van der Waals surface area contributed by atoms with Crippen molar-refractivity contribution in [3.8, 4) is 11.5 Å². The molecule has 3 aromatic carbocycles. The predicted molar refractivity (Wildman–Crippen MR) is 223 cm³/mol. The van der Waals surface area contributed by atoms with Gasteiger partial charge in [-0.2, -0.15) is 8.61 Å². The van der Waals surface area contributed by atoms with Crippen molar-refractivity contribution in [1.29, 1.82) is 0 Å². The van der Waals surface area contributed by atoms with Gasteiger partial charge in [-0.1, -0.05) is 133 Å². The molecule has 0 aliphatic heterocycles. The Morgan fingerprint density at radius 2 is 0.929 bits per heavy atom. The smallest absolute Gasteiger partial charge is 0.322 e. The van der Waals surface area contributed by atoms with E-state index in [0.29, 0.717) is 0 Å². The maximum atomic E-state index is 13.2. The van der Waals surface area contributed by atoms with Gasteiger partial charge < -0.3 is 20.1 Å². The van der Waals surface area contributed by atoms with E-state index in [-0.39, 0.29) is 68.9 Å². The third-order valence-electron chi connectivity index (χ3n) is 7.52. The molecule has 0 unspecified atom stereocenters. The number of nitrogens with one attached hydrogen (secondary N) is 4. The van der Waals surface area contributed by atoms with Crippen LogP contribution in [-0.4, -0.2) is 83.7 Å². The average Bonchev–Trinajstić information content (AvgIpc) is 3.10. The van der Waals surface area contributed by atoms with Gasteiger partial charge in [0.25, 0.3) is 0 Å². The second-order valence-electron chi connectivity index (χ2n) is 11.2. The van der Waals surface area contributed by atoms with Gasteiger partial charge in [-0.05, 0) is 48.5 Å². The van der Waals surface area contributed by atoms with E-state index in [1.54, 1.807) is 27.7 Å². The van der Waals surface area contributed by atoms with E-state index >= 15 is 0 Å². The molecule has 0 heterocycles. The Balaban J connectivity index is 1.84. The third kappa shape index (κ3) is 12.7. The molecule has 24 heteroatoms. The van der Waals surface area contributed by atoms with E-state index in [1.807, 2.05) is 0 Å². The molecule has 3 rings (SSSR count). The van der Waals surface area contributed by atoms with E-state index in [9.17, 15) is 26.4 Å². The summed E-state index contributed by atoms with van der Waals surface area (Å²) in [6, 6.07) is 11.1. The first-order valence-electron chi connectivity index (χ1n) is 16.3. The maximum Gasteiger partial charge on any atom is 0.322 e. The largest absolute Gasteiger partial charge is 0.462 e. The molecule has 0 saturated heterocycles. The summed E-state index contributed by atoms with van der Waals surface area (Å²) < 4.78 is 61.7. The number of anilines is 2. The van der Waals surface area contributed by atoms with Crippen molar-refractivity contribution in [2.75, 3.05) is 36.8 Å². The van der Waals surface area contributed by atoms with Crippen LogP contribution in [0.25, 0.3) is 0 Å².